The van der Waals surface area contributed by atoms with Crippen LogP contribution < -0.4 is 16.4 Å². The minimum atomic E-state index is -1.15. The zero-order valence-electron chi connectivity index (χ0n) is 17.2. The second kappa shape index (κ2) is 9.90. The van der Waals surface area contributed by atoms with Crippen LogP contribution in [0.1, 0.15) is 18.1 Å². The summed E-state index contributed by atoms with van der Waals surface area (Å²) in [6, 6.07) is 14.0. The molecule has 0 saturated heterocycles. The number of hydrogen-bond donors (Lipinski definition) is 5. The highest BCUT2D eigenvalue weighted by molar-refractivity contribution is 5.92. The number of aromatic amines is 1. The van der Waals surface area contributed by atoms with E-state index in [4.69, 9.17) is 5.73 Å². The number of H-pyrrole nitrogens is 1. The van der Waals surface area contributed by atoms with Crippen molar-refractivity contribution in [1.29, 1.82) is 0 Å². The number of hydrogen-bond acceptors (Lipinski definition) is 4. The van der Waals surface area contributed by atoms with Gasteiger partial charge < -0.3 is 26.5 Å². The topological polar surface area (TPSA) is 137 Å². The minimum Gasteiger partial charge on any atom is -0.480 e. The smallest absolute Gasteiger partial charge is 0.326 e. The number of benzene rings is 2. The maximum absolute atomic E-state index is 12.5. The van der Waals surface area contributed by atoms with Crippen LogP contribution in [0.5, 0.6) is 0 Å². The van der Waals surface area contributed by atoms with Crippen LogP contribution in [0.2, 0.25) is 0 Å². The first-order chi connectivity index (χ1) is 14.8. The lowest BCUT2D eigenvalue weighted by atomic mass is 10.0. The quantitative estimate of drug-likeness (QED) is 0.354. The molecule has 0 fully saturated rings. The van der Waals surface area contributed by atoms with Gasteiger partial charge in [-0.25, -0.2) is 4.79 Å². The van der Waals surface area contributed by atoms with Gasteiger partial charge in [-0.05, 0) is 30.5 Å². The summed E-state index contributed by atoms with van der Waals surface area (Å²) in [5.41, 5.74) is 8.53. The molecule has 3 unspecified atom stereocenters. The minimum absolute atomic E-state index is 0.110. The number of fused-ring (bicyclic) bond motifs is 1. The second-order valence-corrected chi connectivity index (χ2v) is 7.49. The van der Waals surface area contributed by atoms with Gasteiger partial charge in [-0.3, -0.25) is 9.59 Å². The molecule has 3 atom stereocenters. The van der Waals surface area contributed by atoms with Crippen LogP contribution in [0, 0.1) is 0 Å². The van der Waals surface area contributed by atoms with Gasteiger partial charge >= 0.3 is 5.97 Å². The Kier molecular flexibility index (Phi) is 7.04. The molecule has 8 heteroatoms. The van der Waals surface area contributed by atoms with Crippen LogP contribution in [-0.2, 0) is 27.2 Å². The highest BCUT2D eigenvalue weighted by Gasteiger charge is 2.26. The fourth-order valence-corrected chi connectivity index (χ4v) is 3.36. The molecule has 0 aliphatic rings. The summed E-state index contributed by atoms with van der Waals surface area (Å²) in [4.78, 5) is 39.7. The molecule has 6 N–H and O–H groups in total. The summed E-state index contributed by atoms with van der Waals surface area (Å²) >= 11 is 0. The lowest BCUT2D eigenvalue weighted by molar-refractivity contribution is -0.142. The summed E-state index contributed by atoms with van der Waals surface area (Å²) in [7, 11) is 0. The van der Waals surface area contributed by atoms with Gasteiger partial charge in [0.25, 0.3) is 0 Å². The molecule has 1 heterocycles. The van der Waals surface area contributed by atoms with E-state index in [0.717, 1.165) is 22.0 Å². The Bertz CT molecular complexity index is 1060. The number of aromatic nitrogens is 1. The van der Waals surface area contributed by atoms with E-state index in [1.165, 1.54) is 6.92 Å². The summed E-state index contributed by atoms with van der Waals surface area (Å²) in [5.74, 6) is -2.22. The molecule has 31 heavy (non-hydrogen) atoms. The molecule has 3 rings (SSSR count). The van der Waals surface area contributed by atoms with E-state index in [9.17, 15) is 19.5 Å². The molecule has 0 radical (unpaired) electrons. The summed E-state index contributed by atoms with van der Waals surface area (Å²) < 4.78 is 0. The lowest BCUT2D eigenvalue weighted by Gasteiger charge is -2.20. The predicted molar refractivity (Wildman–Crippen MR) is 117 cm³/mol. The Labute approximate surface area is 179 Å². The molecular formula is C23H26N4O4. The third-order valence-electron chi connectivity index (χ3n) is 5.10. The van der Waals surface area contributed by atoms with Crippen molar-refractivity contribution in [1.82, 2.24) is 15.6 Å². The zero-order valence-corrected chi connectivity index (χ0v) is 17.2. The number of nitrogens with one attached hydrogen (secondary N) is 3. The van der Waals surface area contributed by atoms with Gasteiger partial charge in [-0.15, -0.1) is 0 Å². The average molecular weight is 422 g/mol. The number of rotatable bonds is 9. The largest absolute Gasteiger partial charge is 0.480 e. The molecule has 0 bridgehead atoms. The van der Waals surface area contributed by atoms with E-state index >= 15 is 0 Å². The van der Waals surface area contributed by atoms with Gasteiger partial charge in [0.15, 0.2) is 0 Å². The molecule has 1 aromatic heterocycles. The van der Waals surface area contributed by atoms with Crippen molar-refractivity contribution >= 4 is 28.7 Å². The van der Waals surface area contributed by atoms with E-state index in [2.05, 4.69) is 15.6 Å². The number of para-hydroxylation sites is 1. The number of amides is 2. The Hall–Kier alpha value is -3.65. The van der Waals surface area contributed by atoms with Crippen molar-refractivity contribution in [2.45, 2.75) is 37.9 Å². The molecular weight excluding hydrogens is 396 g/mol. The van der Waals surface area contributed by atoms with Crippen LogP contribution in [0.15, 0.2) is 60.8 Å². The van der Waals surface area contributed by atoms with Crippen molar-refractivity contribution in [2.24, 2.45) is 5.73 Å². The van der Waals surface area contributed by atoms with Crippen LogP contribution in [-0.4, -0.2) is 46.0 Å². The number of carbonyl (C=O) groups is 3. The Morgan fingerprint density at radius 1 is 0.968 bits per heavy atom. The van der Waals surface area contributed by atoms with Gasteiger partial charge in [-0.1, -0.05) is 48.5 Å². The third-order valence-corrected chi connectivity index (χ3v) is 5.10. The van der Waals surface area contributed by atoms with Gasteiger partial charge in [0.2, 0.25) is 11.8 Å². The Balaban J connectivity index is 1.58. The molecule has 0 aliphatic carbocycles. The van der Waals surface area contributed by atoms with Crippen LogP contribution in [0.25, 0.3) is 10.9 Å². The van der Waals surface area contributed by atoms with Crippen molar-refractivity contribution in [3.8, 4) is 0 Å². The van der Waals surface area contributed by atoms with Crippen LogP contribution >= 0.6 is 0 Å². The standard InChI is InChI=1S/C23H26N4O4/c1-14(26-22(29)18(24)11-15-7-3-2-4-8-15)21(28)27-20(23(30)31)12-16-13-25-19-10-6-5-9-17(16)19/h2-10,13-14,18,20,25H,11-12,24H2,1H3,(H,26,29)(H,27,28)(H,30,31). The van der Waals surface area contributed by atoms with Crippen molar-refractivity contribution in [3.63, 3.8) is 0 Å². The fraction of sp³-hybridized carbons (Fsp3) is 0.261. The summed E-state index contributed by atoms with van der Waals surface area (Å²) in [5, 5.41) is 15.5. The van der Waals surface area contributed by atoms with Crippen LogP contribution in [0.4, 0.5) is 0 Å². The lowest BCUT2D eigenvalue weighted by Crippen LogP contribution is -2.54. The zero-order chi connectivity index (χ0) is 22.4. The number of carboxylic acid groups (broad SMARTS) is 1. The van der Waals surface area contributed by atoms with Gasteiger partial charge in [0.05, 0.1) is 6.04 Å². The first-order valence-electron chi connectivity index (χ1n) is 10.0. The van der Waals surface area contributed by atoms with E-state index in [0.29, 0.717) is 6.42 Å². The molecule has 0 spiro atoms. The van der Waals surface area contributed by atoms with Gasteiger partial charge in [-0.2, -0.15) is 0 Å². The number of carbonyl (C=O) groups excluding carboxylic acids is 2. The number of aliphatic carboxylic acids is 1. The number of nitrogens with two attached hydrogens (primary N) is 1. The second-order valence-electron chi connectivity index (χ2n) is 7.49. The van der Waals surface area contributed by atoms with Crippen molar-refractivity contribution in [2.75, 3.05) is 0 Å². The highest BCUT2D eigenvalue weighted by atomic mass is 16.4. The molecule has 0 aliphatic heterocycles. The SMILES string of the molecule is CC(NC(=O)C(N)Cc1ccccc1)C(=O)NC(Cc1c[nH]c2ccccc12)C(=O)O. The highest BCUT2D eigenvalue weighted by Crippen LogP contribution is 2.19. The number of carboxylic acids is 1. The third kappa shape index (κ3) is 5.70. The summed E-state index contributed by atoms with van der Waals surface area (Å²) in [6.45, 7) is 1.49. The molecule has 0 saturated carbocycles. The van der Waals surface area contributed by atoms with E-state index in [1.54, 1.807) is 6.20 Å². The Morgan fingerprint density at radius 3 is 2.35 bits per heavy atom. The maximum Gasteiger partial charge on any atom is 0.326 e. The maximum atomic E-state index is 12.5. The van der Waals surface area contributed by atoms with Crippen molar-refractivity contribution in [3.05, 3.63) is 71.9 Å². The van der Waals surface area contributed by atoms with E-state index in [-0.39, 0.29) is 6.42 Å². The average Bonchev–Trinajstić information content (AvgIpc) is 3.16. The van der Waals surface area contributed by atoms with E-state index < -0.39 is 35.9 Å². The van der Waals surface area contributed by atoms with Crippen LogP contribution in [0.3, 0.4) is 0 Å². The van der Waals surface area contributed by atoms with Gasteiger partial charge in [0.1, 0.15) is 12.1 Å². The first kappa shape index (κ1) is 22.0. The fourth-order valence-electron chi connectivity index (χ4n) is 3.36. The normalized spacial score (nSPS) is 13.9. The first-order valence-corrected chi connectivity index (χ1v) is 10.0. The monoisotopic (exact) mass is 422 g/mol. The van der Waals surface area contributed by atoms with Gasteiger partial charge in [0, 0.05) is 23.5 Å². The van der Waals surface area contributed by atoms with Crippen molar-refractivity contribution < 1.29 is 19.5 Å². The molecule has 2 amide bonds. The molecule has 162 valence electrons. The molecule has 3 aromatic rings. The Morgan fingerprint density at radius 2 is 1.65 bits per heavy atom. The molecule has 2 aromatic carbocycles. The summed E-state index contributed by atoms with van der Waals surface area (Å²) in [6.07, 6.45) is 2.18. The molecule has 8 nitrogen and oxygen atoms in total. The predicted octanol–water partition coefficient (Wildman–Crippen LogP) is 1.35. The van der Waals surface area contributed by atoms with E-state index in [1.807, 2.05) is 54.6 Å².